The van der Waals surface area contributed by atoms with E-state index < -0.39 is 0 Å². The Hall–Kier alpha value is -0.710. The highest BCUT2D eigenvalue weighted by Gasteiger charge is 2.34. The van der Waals surface area contributed by atoms with Gasteiger partial charge in [0.1, 0.15) is 5.82 Å². The minimum atomic E-state index is -0.0223. The number of rotatable bonds is 2. The molecule has 0 radical (unpaired) electrons. The van der Waals surface area contributed by atoms with Gasteiger partial charge in [0.05, 0.1) is 11.4 Å². The average Bonchev–Trinajstić information content (AvgIpc) is 2.39. The number of aromatic nitrogens is 2. The zero-order valence-corrected chi connectivity index (χ0v) is 11.7. The molecule has 4 heterocycles. The summed E-state index contributed by atoms with van der Waals surface area (Å²) in [6.45, 7) is 9.70. The second-order valence-electron chi connectivity index (χ2n) is 5.24. The summed E-state index contributed by atoms with van der Waals surface area (Å²) in [5.74, 6) is 0.956. The van der Waals surface area contributed by atoms with E-state index in [1.807, 2.05) is 20.0 Å². The van der Waals surface area contributed by atoms with Gasteiger partial charge in [-0.05, 0) is 13.8 Å². The maximum absolute atomic E-state index is 6.11. The summed E-state index contributed by atoms with van der Waals surface area (Å²) < 4.78 is 0. The molecule has 3 aliphatic rings. The van der Waals surface area contributed by atoms with Crippen molar-refractivity contribution >= 4 is 11.6 Å². The molecular weight excluding hydrogens is 248 g/mol. The van der Waals surface area contributed by atoms with Crippen molar-refractivity contribution in [1.82, 2.24) is 19.8 Å². The van der Waals surface area contributed by atoms with E-state index >= 15 is 0 Å². The van der Waals surface area contributed by atoms with Crippen molar-refractivity contribution in [3.05, 3.63) is 23.3 Å². The van der Waals surface area contributed by atoms with Gasteiger partial charge < -0.3 is 0 Å². The maximum atomic E-state index is 6.11. The first-order chi connectivity index (χ1) is 8.65. The molecular formula is C13H19ClN4. The summed E-state index contributed by atoms with van der Waals surface area (Å²) in [4.78, 5) is 14.2. The van der Waals surface area contributed by atoms with Crippen LogP contribution in [0.2, 0.25) is 0 Å². The van der Waals surface area contributed by atoms with Crippen LogP contribution < -0.4 is 0 Å². The predicted octanol–water partition coefficient (Wildman–Crippen LogP) is 1.76. The number of piperazine rings is 3. The highest BCUT2D eigenvalue weighted by molar-refractivity contribution is 6.20. The van der Waals surface area contributed by atoms with Crippen molar-refractivity contribution < 1.29 is 0 Å². The van der Waals surface area contributed by atoms with Crippen molar-refractivity contribution in [2.24, 2.45) is 0 Å². The van der Waals surface area contributed by atoms with E-state index in [4.69, 9.17) is 11.6 Å². The molecule has 3 aliphatic heterocycles. The van der Waals surface area contributed by atoms with Crippen molar-refractivity contribution in [1.29, 1.82) is 0 Å². The molecule has 1 aromatic rings. The van der Waals surface area contributed by atoms with Gasteiger partial charge in [-0.25, -0.2) is 9.97 Å². The molecule has 0 spiro atoms. The predicted molar refractivity (Wildman–Crippen MR) is 71.8 cm³/mol. The monoisotopic (exact) mass is 266 g/mol. The molecule has 1 aromatic heterocycles. The van der Waals surface area contributed by atoms with Crippen LogP contribution in [0.3, 0.4) is 0 Å². The number of nitrogens with zero attached hydrogens (tertiary/aromatic N) is 4. The van der Waals surface area contributed by atoms with Gasteiger partial charge in [-0.2, -0.15) is 0 Å². The number of fused-ring (bicyclic) bond motifs is 3. The zero-order valence-electron chi connectivity index (χ0n) is 10.9. The van der Waals surface area contributed by atoms with E-state index in [9.17, 15) is 0 Å². The molecule has 0 N–H and O–H groups in total. The van der Waals surface area contributed by atoms with E-state index in [-0.39, 0.29) is 5.38 Å². The van der Waals surface area contributed by atoms with Gasteiger partial charge in [0, 0.05) is 50.2 Å². The van der Waals surface area contributed by atoms with Gasteiger partial charge in [0.2, 0.25) is 0 Å². The van der Waals surface area contributed by atoms with Crippen molar-refractivity contribution in [2.75, 3.05) is 32.7 Å². The van der Waals surface area contributed by atoms with E-state index in [1.54, 1.807) is 0 Å². The average molecular weight is 267 g/mol. The number of alkyl halides is 1. The minimum absolute atomic E-state index is 0.0223. The largest absolute Gasteiger partial charge is 0.299 e. The summed E-state index contributed by atoms with van der Waals surface area (Å²) in [7, 11) is 0. The van der Waals surface area contributed by atoms with Gasteiger partial charge in [0.25, 0.3) is 0 Å². The quantitative estimate of drug-likeness (QED) is 0.764. The Morgan fingerprint density at radius 3 is 2.56 bits per heavy atom. The first-order valence-corrected chi connectivity index (χ1v) is 7.02. The molecule has 98 valence electrons. The van der Waals surface area contributed by atoms with Crippen LogP contribution in [-0.2, 0) is 0 Å². The molecule has 4 rings (SSSR count). The van der Waals surface area contributed by atoms with Gasteiger partial charge >= 0.3 is 0 Å². The topological polar surface area (TPSA) is 32.3 Å². The lowest BCUT2D eigenvalue weighted by atomic mass is 10.1. The van der Waals surface area contributed by atoms with E-state index in [0.717, 1.165) is 36.7 Å². The summed E-state index contributed by atoms with van der Waals surface area (Å²) >= 11 is 6.11. The maximum Gasteiger partial charge on any atom is 0.146 e. The van der Waals surface area contributed by atoms with Crippen LogP contribution in [0.5, 0.6) is 0 Å². The first-order valence-electron chi connectivity index (χ1n) is 6.59. The van der Waals surface area contributed by atoms with Gasteiger partial charge in [-0.1, -0.05) is 0 Å². The number of hydrogen-bond acceptors (Lipinski definition) is 4. The second-order valence-corrected chi connectivity index (χ2v) is 5.89. The Kier molecular flexibility index (Phi) is 3.26. The molecule has 4 nitrogen and oxygen atoms in total. The van der Waals surface area contributed by atoms with Gasteiger partial charge in [0.15, 0.2) is 0 Å². The Balaban J connectivity index is 1.86. The summed E-state index contributed by atoms with van der Waals surface area (Å²) in [6.07, 6.45) is 1.90. The van der Waals surface area contributed by atoms with Gasteiger partial charge in [-0.3, -0.25) is 9.80 Å². The van der Waals surface area contributed by atoms with E-state index in [1.165, 1.54) is 13.1 Å². The third-order valence-corrected chi connectivity index (χ3v) is 4.28. The third-order valence-electron chi connectivity index (χ3n) is 4.04. The van der Waals surface area contributed by atoms with Crippen molar-refractivity contribution in [3.63, 3.8) is 0 Å². The van der Waals surface area contributed by atoms with Gasteiger partial charge in [-0.15, -0.1) is 11.6 Å². The Labute approximate surface area is 113 Å². The van der Waals surface area contributed by atoms with Crippen molar-refractivity contribution in [3.8, 4) is 0 Å². The fourth-order valence-electron chi connectivity index (χ4n) is 2.91. The molecule has 3 saturated heterocycles. The zero-order chi connectivity index (χ0) is 12.7. The second kappa shape index (κ2) is 4.76. The molecule has 0 saturated carbocycles. The SMILES string of the molecule is Cc1nc(C2CN3CCN2CC3)ncc1C(C)Cl. The number of hydrogen-bond donors (Lipinski definition) is 0. The molecule has 0 aromatic carbocycles. The summed E-state index contributed by atoms with van der Waals surface area (Å²) in [6, 6.07) is 0.367. The highest BCUT2D eigenvalue weighted by Crippen LogP contribution is 2.28. The summed E-state index contributed by atoms with van der Waals surface area (Å²) in [5, 5.41) is -0.0223. The molecule has 0 amide bonds. The van der Waals surface area contributed by atoms with Crippen LogP contribution >= 0.6 is 11.6 Å². The summed E-state index contributed by atoms with van der Waals surface area (Å²) in [5.41, 5.74) is 2.05. The smallest absolute Gasteiger partial charge is 0.146 e. The van der Waals surface area contributed by atoms with Crippen LogP contribution in [-0.4, -0.2) is 52.5 Å². The molecule has 0 aliphatic carbocycles. The lowest BCUT2D eigenvalue weighted by Gasteiger charge is -2.46. The van der Waals surface area contributed by atoms with Crippen LogP contribution in [0.1, 0.15) is 35.4 Å². The lowest BCUT2D eigenvalue weighted by Crippen LogP contribution is -2.57. The third kappa shape index (κ3) is 2.13. The highest BCUT2D eigenvalue weighted by atomic mass is 35.5. The lowest BCUT2D eigenvalue weighted by molar-refractivity contribution is 0.00856. The Morgan fingerprint density at radius 2 is 2.06 bits per heavy atom. The minimum Gasteiger partial charge on any atom is -0.299 e. The molecule has 18 heavy (non-hydrogen) atoms. The standard InChI is InChI=1S/C13H19ClN4/c1-9(14)11-7-15-13(16-10(11)2)12-8-17-3-5-18(12)6-4-17/h7,9,12H,3-6,8H2,1-2H3. The van der Waals surface area contributed by atoms with Crippen LogP contribution in [0.15, 0.2) is 6.20 Å². The molecule has 2 atom stereocenters. The number of halogens is 1. The Bertz CT molecular complexity index is 441. The normalized spacial score (nSPS) is 32.5. The Morgan fingerprint density at radius 1 is 1.33 bits per heavy atom. The molecule has 3 fully saturated rings. The molecule has 2 unspecified atom stereocenters. The van der Waals surface area contributed by atoms with Crippen LogP contribution in [0.4, 0.5) is 0 Å². The van der Waals surface area contributed by atoms with E-state index in [2.05, 4.69) is 19.8 Å². The van der Waals surface area contributed by atoms with Crippen LogP contribution in [0, 0.1) is 6.92 Å². The first kappa shape index (κ1) is 12.3. The van der Waals surface area contributed by atoms with Crippen molar-refractivity contribution in [2.45, 2.75) is 25.3 Å². The molecule has 5 heteroatoms. The van der Waals surface area contributed by atoms with E-state index in [0.29, 0.717) is 6.04 Å². The fourth-order valence-corrected chi connectivity index (χ4v) is 3.12. The fraction of sp³-hybridized carbons (Fsp3) is 0.692. The van der Waals surface area contributed by atoms with Crippen LogP contribution in [0.25, 0.3) is 0 Å². The molecule has 2 bridgehead atoms. The number of aryl methyl sites for hydroxylation is 1.